The Labute approximate surface area is 430 Å². The third kappa shape index (κ3) is 9.70. The van der Waals surface area contributed by atoms with Crippen LogP contribution >= 0.6 is 0 Å². The summed E-state index contributed by atoms with van der Waals surface area (Å²) in [6.45, 7) is 3.68. The lowest BCUT2D eigenvalue weighted by molar-refractivity contribution is 0.669. The molecule has 5 nitrogen and oxygen atoms in total. The Morgan fingerprint density at radius 1 is 0.543 bits per heavy atom. The zero-order valence-corrected chi connectivity index (χ0v) is 39.5. The highest BCUT2D eigenvalue weighted by Crippen LogP contribution is 2.40. The summed E-state index contributed by atoms with van der Waals surface area (Å²) >= 11 is 0. The molecule has 0 unspecified atom stereocenters. The number of aromatic nitrogens is 3. The molecule has 11 rings (SSSR count). The maximum Gasteiger partial charge on any atom is 0.144 e. The van der Waals surface area contributed by atoms with Gasteiger partial charge in [-0.2, -0.15) is 5.26 Å². The Morgan fingerprint density at radius 2 is 1.06 bits per heavy atom. The van der Waals surface area contributed by atoms with Gasteiger partial charge in [0.1, 0.15) is 11.2 Å². The molecule has 0 spiro atoms. The molecule has 0 aliphatic heterocycles. The Bertz CT molecular complexity index is 3770. The lowest BCUT2D eigenvalue weighted by Crippen LogP contribution is -2.06. The highest BCUT2D eigenvalue weighted by molar-refractivity contribution is 6.09. The van der Waals surface area contributed by atoms with Gasteiger partial charge in [-0.1, -0.05) is 131 Å². The number of nitrogens with zero attached hydrogens (tertiary/aromatic N) is 4. The molecule has 0 amide bonds. The summed E-state index contributed by atoms with van der Waals surface area (Å²) in [5, 5.41) is 11.2. The smallest absolute Gasteiger partial charge is 0.144 e. The molecule has 2 fully saturated rings. The largest absolute Gasteiger partial charge is 0.455 e. The van der Waals surface area contributed by atoms with E-state index in [0.717, 1.165) is 91.5 Å². The quantitative estimate of drug-likeness (QED) is 0.102. The van der Waals surface area contributed by atoms with Gasteiger partial charge < -0.3 is 4.42 Å². The van der Waals surface area contributed by atoms with Crippen molar-refractivity contribution >= 4 is 21.9 Å². The Morgan fingerprint density at radius 3 is 1.59 bits per heavy atom. The number of furan rings is 1. The first-order valence-electron chi connectivity index (χ1n) is 30.6. The van der Waals surface area contributed by atoms with Crippen molar-refractivity contribution in [2.24, 2.45) is 0 Å². The first-order valence-corrected chi connectivity index (χ1v) is 24.6. The first-order chi connectivity index (χ1) is 39.0. The van der Waals surface area contributed by atoms with Crippen LogP contribution in [0, 0.1) is 11.3 Å². The average Bonchev–Trinajstić information content (AvgIpc) is 4.08. The molecule has 0 radical (unpaired) electrons. The van der Waals surface area contributed by atoms with E-state index >= 15 is 0 Å². The highest BCUT2D eigenvalue weighted by atomic mass is 16.3. The molecule has 70 heavy (non-hydrogen) atoms. The number of nitriles is 1. The fourth-order valence-electron chi connectivity index (χ4n) is 10.4. The van der Waals surface area contributed by atoms with E-state index < -0.39 is 60.8 Å². The lowest BCUT2D eigenvalue weighted by atomic mass is 9.88. The summed E-state index contributed by atoms with van der Waals surface area (Å²) in [5.74, 6) is -0.648. The van der Waals surface area contributed by atoms with Gasteiger partial charge in [-0.3, -0.25) is 15.0 Å². The van der Waals surface area contributed by atoms with Crippen LogP contribution < -0.4 is 0 Å². The molecule has 348 valence electrons. The predicted octanol–water partition coefficient (Wildman–Crippen LogP) is 16.4. The maximum atomic E-state index is 9.99. The minimum atomic E-state index is -3.14. The molecular weight excluding hydrogens is 853 g/mol. The summed E-state index contributed by atoms with van der Waals surface area (Å²) in [6, 6.07) is 40.3. The summed E-state index contributed by atoms with van der Waals surface area (Å²) in [5.41, 5.74) is 5.03. The topological polar surface area (TPSA) is 75.6 Å². The molecule has 0 bridgehead atoms. The maximum absolute atomic E-state index is 9.99. The molecule has 0 saturated heterocycles. The number of benzene rings is 5. The van der Waals surface area contributed by atoms with Crippen molar-refractivity contribution in [1.29, 1.82) is 5.26 Å². The third-order valence-corrected chi connectivity index (χ3v) is 14.0. The fraction of sp³-hybridized carbons (Fsp3) is 0.292. The van der Waals surface area contributed by atoms with Gasteiger partial charge in [0.25, 0.3) is 0 Å². The van der Waals surface area contributed by atoms with Crippen molar-refractivity contribution in [3.63, 3.8) is 0 Å². The van der Waals surface area contributed by atoms with Gasteiger partial charge in [0, 0.05) is 62.5 Å². The molecule has 2 aliphatic carbocycles. The summed E-state index contributed by atoms with van der Waals surface area (Å²) < 4.78 is 126. The molecule has 9 aromatic rings. The molecule has 5 aromatic carbocycles. The minimum absolute atomic E-state index is 0.0171. The Kier molecular flexibility index (Phi) is 9.75. The van der Waals surface area contributed by atoms with Crippen LogP contribution in [0.2, 0.25) is 0 Å². The van der Waals surface area contributed by atoms with Gasteiger partial charge in [0.15, 0.2) is 0 Å². The molecule has 4 heterocycles. The van der Waals surface area contributed by atoms with Crippen molar-refractivity contribution in [2.75, 3.05) is 0 Å². The van der Waals surface area contributed by atoms with Crippen molar-refractivity contribution in [2.45, 2.75) is 121 Å². The van der Waals surface area contributed by atoms with Crippen molar-refractivity contribution < 1.29 is 20.9 Å². The Hall–Kier alpha value is -7.16. The SMILES string of the molecule is [2H]C([2H])(c1cc(C([2H])([2H])C([2H])([2H])c2cnc(-c3ccccc3)cc2C2CCCC2)cc(C([2H])([2H])C([2H])([2H])c2cnc(-c3ccccc3)cc2C2CCCC2)c1)C([2H])([2H])c1cnc(-c2cccc3c2oc2cc(C#N)ccc23)cc1C(C)C. The average molecular weight is 927 g/mol. The molecular formula is C65H62N4O. The summed E-state index contributed by atoms with van der Waals surface area (Å²) in [4.78, 5) is 14.1. The van der Waals surface area contributed by atoms with Gasteiger partial charge >= 0.3 is 0 Å². The van der Waals surface area contributed by atoms with Gasteiger partial charge in [0.05, 0.1) is 28.7 Å². The van der Waals surface area contributed by atoms with Crippen LogP contribution in [0.25, 0.3) is 55.7 Å². The zero-order chi connectivity index (χ0) is 58.1. The van der Waals surface area contributed by atoms with Crippen LogP contribution in [-0.2, 0) is 38.2 Å². The van der Waals surface area contributed by atoms with Crippen LogP contribution in [0.5, 0.6) is 0 Å². The van der Waals surface area contributed by atoms with Crippen molar-refractivity contribution in [3.05, 3.63) is 208 Å². The fourth-order valence-corrected chi connectivity index (χ4v) is 10.4. The van der Waals surface area contributed by atoms with E-state index in [1.54, 1.807) is 18.2 Å². The van der Waals surface area contributed by atoms with E-state index in [9.17, 15) is 21.7 Å². The molecule has 2 aliphatic rings. The number of aryl methyl sites for hydroxylation is 6. The summed E-state index contributed by atoms with van der Waals surface area (Å²) in [7, 11) is 0. The highest BCUT2D eigenvalue weighted by Gasteiger charge is 2.24. The molecule has 0 N–H and O–H groups in total. The van der Waals surface area contributed by atoms with Crippen LogP contribution in [0.15, 0.2) is 156 Å². The second kappa shape index (κ2) is 20.4. The van der Waals surface area contributed by atoms with Crippen LogP contribution in [0.1, 0.15) is 155 Å². The van der Waals surface area contributed by atoms with Crippen LogP contribution in [-0.4, -0.2) is 15.0 Å². The van der Waals surface area contributed by atoms with Gasteiger partial charge in [-0.15, -0.1) is 0 Å². The predicted molar refractivity (Wildman–Crippen MR) is 286 cm³/mol. The monoisotopic (exact) mass is 927 g/mol. The Balaban J connectivity index is 1.07. The second-order valence-corrected chi connectivity index (χ2v) is 19.0. The second-order valence-electron chi connectivity index (χ2n) is 19.0. The van der Waals surface area contributed by atoms with Crippen molar-refractivity contribution in [3.8, 4) is 39.8 Å². The van der Waals surface area contributed by atoms with Gasteiger partial charge in [-0.05, 0) is 174 Å². The van der Waals surface area contributed by atoms with Gasteiger partial charge in [0.2, 0.25) is 0 Å². The molecule has 5 heteroatoms. The van der Waals surface area contributed by atoms with E-state index in [0.29, 0.717) is 56.1 Å². The summed E-state index contributed by atoms with van der Waals surface area (Å²) in [6.07, 6.45) is -7.59. The third-order valence-electron chi connectivity index (χ3n) is 14.0. The zero-order valence-electron chi connectivity index (χ0n) is 51.5. The van der Waals surface area contributed by atoms with E-state index in [2.05, 4.69) is 6.07 Å². The van der Waals surface area contributed by atoms with Crippen LogP contribution in [0.3, 0.4) is 0 Å². The number of hydrogen-bond acceptors (Lipinski definition) is 5. The van der Waals surface area contributed by atoms with Gasteiger partial charge in [-0.25, -0.2) is 0 Å². The molecule has 4 aromatic heterocycles. The minimum Gasteiger partial charge on any atom is -0.455 e. The molecule has 2 saturated carbocycles. The number of pyridine rings is 3. The number of fused-ring (bicyclic) bond motifs is 3. The normalized spacial score (nSPS) is 18.1. The van der Waals surface area contributed by atoms with Crippen molar-refractivity contribution in [1.82, 2.24) is 15.0 Å². The number of rotatable bonds is 15. The van der Waals surface area contributed by atoms with E-state index in [1.807, 2.05) is 111 Å². The number of hydrogen-bond donors (Lipinski definition) is 0. The van der Waals surface area contributed by atoms with E-state index in [1.165, 1.54) is 18.6 Å². The first kappa shape index (κ1) is 33.4. The van der Waals surface area contributed by atoms with E-state index in [4.69, 9.17) is 19.4 Å². The standard InChI is InChI=1S/C65H62N4O/c1-43(2)58-36-63(57-23-13-22-56-55-31-27-47(39-66)35-64(55)70-65(56)57)69-40-52(58)28-24-44-32-45(25-29-53-41-67-61(50-18-5-3-6-19-50)37-59(53)48-14-9-10-15-48)34-46(33-44)26-30-54-42-68-62(51-20-7-4-8-21-51)38-60(54)49-16-11-12-17-49/h3-8,13,18-23,27,31-38,40-43,48-49H,9-12,14-17,24-26,28-30H2,1-2H3/i24D2,25D2,26D2,28D2,29D2,30D2. The lowest BCUT2D eigenvalue weighted by Gasteiger charge is -2.18. The molecule has 0 atom stereocenters. The van der Waals surface area contributed by atoms with E-state index in [-0.39, 0.29) is 28.5 Å². The van der Waals surface area contributed by atoms with Crippen LogP contribution in [0.4, 0.5) is 0 Å². The number of para-hydroxylation sites is 1.